The average Bonchev–Trinajstić information content (AvgIpc) is 2.59. The number of fused-ring (bicyclic) bond motifs is 1. The summed E-state index contributed by atoms with van der Waals surface area (Å²) in [5.41, 5.74) is 0. The van der Waals surface area contributed by atoms with Gasteiger partial charge in [-0.2, -0.15) is 0 Å². The van der Waals surface area contributed by atoms with Crippen LogP contribution >= 0.6 is 45.7 Å². The van der Waals surface area contributed by atoms with Gasteiger partial charge in [0.15, 0.2) is 6.29 Å². The molecule has 1 heterocycles. The fourth-order valence-corrected chi connectivity index (χ4v) is 4.01. The zero-order valence-corrected chi connectivity index (χ0v) is 11.2. The highest BCUT2D eigenvalue weighted by Crippen LogP contribution is 2.33. The Morgan fingerprint density at radius 3 is 2.86 bits per heavy atom. The zero-order chi connectivity index (χ0) is 10.1. The predicted octanol–water partition coefficient (Wildman–Crippen LogP) is 4.04. The van der Waals surface area contributed by atoms with Crippen molar-refractivity contribution in [2.75, 3.05) is 6.26 Å². The van der Waals surface area contributed by atoms with Gasteiger partial charge in [0.05, 0.1) is 4.88 Å². The van der Waals surface area contributed by atoms with Crippen molar-refractivity contribution in [3.8, 4) is 0 Å². The topological polar surface area (TPSA) is 17.1 Å². The van der Waals surface area contributed by atoms with Crippen molar-refractivity contribution in [3.63, 3.8) is 0 Å². The highest BCUT2D eigenvalue weighted by molar-refractivity contribution is 14.1. The number of aldehydes is 1. The molecule has 0 amide bonds. The van der Waals surface area contributed by atoms with Crippen molar-refractivity contribution in [1.29, 1.82) is 0 Å². The molecule has 1 aromatic heterocycles. The second kappa shape index (κ2) is 4.20. The van der Waals surface area contributed by atoms with E-state index in [1.807, 2.05) is 6.07 Å². The summed E-state index contributed by atoms with van der Waals surface area (Å²) in [6.45, 7) is 0. The van der Waals surface area contributed by atoms with Crippen LogP contribution in [0.4, 0.5) is 0 Å². The van der Waals surface area contributed by atoms with Crippen molar-refractivity contribution in [2.24, 2.45) is 0 Å². The number of carbonyl (C=O) groups excluding carboxylic acids is 1. The quantitative estimate of drug-likeness (QED) is 0.468. The molecule has 0 radical (unpaired) electrons. The number of hydrogen-bond acceptors (Lipinski definition) is 3. The molecular weight excluding hydrogens is 327 g/mol. The Morgan fingerprint density at radius 1 is 1.43 bits per heavy atom. The average molecular weight is 334 g/mol. The summed E-state index contributed by atoms with van der Waals surface area (Å²) in [6, 6.07) is 6.23. The SMILES string of the molecule is CSc1cc(I)cc2sc(C=O)cc12. The number of thioether (sulfide) groups is 1. The molecule has 1 aromatic carbocycles. The molecule has 0 fully saturated rings. The Morgan fingerprint density at radius 2 is 2.21 bits per heavy atom. The summed E-state index contributed by atoms with van der Waals surface area (Å²) in [7, 11) is 0. The van der Waals surface area contributed by atoms with Crippen LogP contribution in [0.25, 0.3) is 10.1 Å². The van der Waals surface area contributed by atoms with Gasteiger partial charge < -0.3 is 0 Å². The Bertz CT molecular complexity index is 490. The van der Waals surface area contributed by atoms with Gasteiger partial charge in [-0.3, -0.25) is 4.79 Å². The number of carbonyl (C=O) groups is 1. The maximum absolute atomic E-state index is 10.7. The highest BCUT2D eigenvalue weighted by Gasteiger charge is 2.06. The third-order valence-electron chi connectivity index (χ3n) is 1.92. The van der Waals surface area contributed by atoms with Crippen LogP contribution in [0.5, 0.6) is 0 Å². The lowest BCUT2D eigenvalue weighted by Crippen LogP contribution is -1.74. The van der Waals surface area contributed by atoms with Crippen LogP contribution in [0.3, 0.4) is 0 Å². The third kappa shape index (κ3) is 1.83. The fraction of sp³-hybridized carbons (Fsp3) is 0.100. The lowest BCUT2D eigenvalue weighted by atomic mass is 10.2. The fourth-order valence-electron chi connectivity index (χ4n) is 1.32. The van der Waals surface area contributed by atoms with Gasteiger partial charge in [-0.1, -0.05) is 0 Å². The number of halogens is 1. The molecule has 2 aromatic rings. The zero-order valence-electron chi connectivity index (χ0n) is 7.41. The first-order valence-corrected chi connectivity index (χ1v) is 7.09. The van der Waals surface area contributed by atoms with Crippen molar-refractivity contribution in [3.05, 3.63) is 26.6 Å². The summed E-state index contributed by atoms with van der Waals surface area (Å²) in [5.74, 6) is 0. The second-order valence-electron chi connectivity index (χ2n) is 2.79. The summed E-state index contributed by atoms with van der Waals surface area (Å²) >= 11 is 5.58. The van der Waals surface area contributed by atoms with Gasteiger partial charge in [-0.25, -0.2) is 0 Å². The molecule has 2 rings (SSSR count). The first-order valence-electron chi connectivity index (χ1n) is 3.97. The van der Waals surface area contributed by atoms with Crippen LogP contribution < -0.4 is 0 Å². The van der Waals surface area contributed by atoms with E-state index < -0.39 is 0 Å². The van der Waals surface area contributed by atoms with Crippen molar-refractivity contribution < 1.29 is 4.79 Å². The van der Waals surface area contributed by atoms with Crippen LogP contribution in [0, 0.1) is 3.57 Å². The van der Waals surface area contributed by atoms with E-state index in [4.69, 9.17) is 0 Å². The van der Waals surface area contributed by atoms with E-state index in [-0.39, 0.29) is 0 Å². The Kier molecular flexibility index (Phi) is 3.14. The van der Waals surface area contributed by atoms with E-state index in [0.29, 0.717) is 0 Å². The van der Waals surface area contributed by atoms with Crippen LogP contribution in [0.2, 0.25) is 0 Å². The highest BCUT2D eigenvalue weighted by atomic mass is 127. The van der Waals surface area contributed by atoms with E-state index in [2.05, 4.69) is 41.0 Å². The van der Waals surface area contributed by atoms with Crippen LogP contribution in [0.1, 0.15) is 9.67 Å². The molecular formula is C10H7IOS2. The van der Waals surface area contributed by atoms with Gasteiger partial charge in [-0.05, 0) is 47.0 Å². The minimum Gasteiger partial charge on any atom is -0.297 e. The maximum Gasteiger partial charge on any atom is 0.160 e. The van der Waals surface area contributed by atoms with E-state index in [9.17, 15) is 4.79 Å². The Labute approximate surface area is 104 Å². The minimum atomic E-state index is 0.803. The lowest BCUT2D eigenvalue weighted by molar-refractivity contribution is 0.112. The van der Waals surface area contributed by atoms with Gasteiger partial charge in [-0.15, -0.1) is 23.1 Å². The first-order chi connectivity index (χ1) is 6.74. The van der Waals surface area contributed by atoms with Crippen molar-refractivity contribution in [1.82, 2.24) is 0 Å². The summed E-state index contributed by atoms with van der Waals surface area (Å²) in [4.78, 5) is 12.7. The third-order valence-corrected chi connectivity index (χ3v) is 4.33. The molecule has 0 unspecified atom stereocenters. The molecule has 0 N–H and O–H groups in total. The Balaban J connectivity index is 2.77. The molecule has 0 aliphatic rings. The molecule has 14 heavy (non-hydrogen) atoms. The molecule has 4 heteroatoms. The first kappa shape index (κ1) is 10.4. The number of benzene rings is 1. The molecule has 0 aliphatic heterocycles. The van der Waals surface area contributed by atoms with E-state index in [1.54, 1.807) is 23.1 Å². The Hall–Kier alpha value is -0.0700. The molecule has 0 saturated heterocycles. The monoisotopic (exact) mass is 334 g/mol. The normalized spacial score (nSPS) is 10.7. The number of hydrogen-bond donors (Lipinski definition) is 0. The van der Waals surface area contributed by atoms with Crippen molar-refractivity contribution >= 4 is 62.1 Å². The lowest BCUT2D eigenvalue weighted by Gasteiger charge is -1.99. The predicted molar refractivity (Wildman–Crippen MR) is 71.7 cm³/mol. The molecule has 0 atom stereocenters. The van der Waals surface area contributed by atoms with E-state index in [1.165, 1.54) is 18.6 Å². The molecule has 0 aliphatic carbocycles. The van der Waals surface area contributed by atoms with Gasteiger partial charge >= 0.3 is 0 Å². The van der Waals surface area contributed by atoms with E-state index >= 15 is 0 Å². The second-order valence-corrected chi connectivity index (χ2v) is 6.00. The molecule has 1 nitrogen and oxygen atoms in total. The maximum atomic E-state index is 10.7. The van der Waals surface area contributed by atoms with Crippen molar-refractivity contribution in [2.45, 2.75) is 4.90 Å². The minimum absolute atomic E-state index is 0.803. The van der Waals surface area contributed by atoms with Gasteiger partial charge in [0, 0.05) is 18.6 Å². The largest absolute Gasteiger partial charge is 0.297 e. The van der Waals surface area contributed by atoms with Crippen LogP contribution in [-0.4, -0.2) is 12.5 Å². The van der Waals surface area contributed by atoms with Crippen LogP contribution in [0.15, 0.2) is 23.1 Å². The summed E-state index contributed by atoms with van der Waals surface area (Å²) < 4.78 is 2.42. The molecule has 0 spiro atoms. The molecule has 0 bridgehead atoms. The van der Waals surface area contributed by atoms with Gasteiger partial charge in [0.2, 0.25) is 0 Å². The number of thiophene rings is 1. The molecule has 0 saturated carbocycles. The van der Waals surface area contributed by atoms with Gasteiger partial charge in [0.1, 0.15) is 0 Å². The van der Waals surface area contributed by atoms with E-state index in [0.717, 1.165) is 11.2 Å². The smallest absolute Gasteiger partial charge is 0.160 e. The standard InChI is InChI=1S/C10H7IOS2/c1-13-9-2-6(11)3-10-8(9)4-7(5-12)14-10/h2-5H,1H3. The van der Waals surface area contributed by atoms with Crippen LogP contribution in [-0.2, 0) is 0 Å². The molecule has 72 valence electrons. The van der Waals surface area contributed by atoms with Gasteiger partial charge in [0.25, 0.3) is 0 Å². The number of rotatable bonds is 2. The summed E-state index contributed by atoms with van der Waals surface area (Å²) in [5, 5.41) is 1.20. The summed E-state index contributed by atoms with van der Waals surface area (Å²) in [6.07, 6.45) is 2.98.